The van der Waals surface area contributed by atoms with Crippen LogP contribution in [0.2, 0.25) is 0 Å². The lowest BCUT2D eigenvalue weighted by Gasteiger charge is -2.08. The van der Waals surface area contributed by atoms with E-state index in [0.29, 0.717) is 11.4 Å². The van der Waals surface area contributed by atoms with Crippen LogP contribution >= 0.6 is 0 Å². The second kappa shape index (κ2) is 4.66. The Labute approximate surface area is 106 Å². The van der Waals surface area contributed by atoms with Crippen molar-refractivity contribution >= 4 is 21.4 Å². The average molecular weight is 263 g/mol. The van der Waals surface area contributed by atoms with Gasteiger partial charge in [0.2, 0.25) is 0 Å². The molecule has 0 spiro atoms. The van der Waals surface area contributed by atoms with Crippen molar-refractivity contribution in [1.82, 2.24) is 4.98 Å². The smallest absolute Gasteiger partial charge is 0.261 e. The van der Waals surface area contributed by atoms with Gasteiger partial charge < -0.3 is 5.73 Å². The molecule has 1 aromatic heterocycles. The van der Waals surface area contributed by atoms with E-state index in [-0.39, 0.29) is 4.90 Å². The molecule has 1 aromatic carbocycles. The number of anilines is 2. The second-order valence-corrected chi connectivity index (χ2v) is 5.61. The number of benzene rings is 1. The van der Waals surface area contributed by atoms with Gasteiger partial charge in [-0.3, -0.25) is 9.71 Å². The topological polar surface area (TPSA) is 85.1 Å². The molecule has 0 saturated heterocycles. The minimum absolute atomic E-state index is 0.165. The monoisotopic (exact) mass is 263 g/mol. The third kappa shape index (κ3) is 2.78. The van der Waals surface area contributed by atoms with E-state index in [9.17, 15) is 8.42 Å². The van der Waals surface area contributed by atoms with Crippen molar-refractivity contribution in [3.8, 4) is 0 Å². The predicted molar refractivity (Wildman–Crippen MR) is 70.6 cm³/mol. The van der Waals surface area contributed by atoms with Crippen molar-refractivity contribution in [2.75, 3.05) is 10.5 Å². The van der Waals surface area contributed by atoms with Crippen LogP contribution in [0.25, 0.3) is 0 Å². The summed E-state index contributed by atoms with van der Waals surface area (Å²) in [4.78, 5) is 4.09. The van der Waals surface area contributed by atoms with E-state index in [1.807, 2.05) is 6.92 Å². The number of nitrogens with one attached hydrogen (secondary N) is 1. The maximum absolute atomic E-state index is 12.0. The summed E-state index contributed by atoms with van der Waals surface area (Å²) in [5.41, 5.74) is 7.36. The molecule has 0 amide bonds. The van der Waals surface area contributed by atoms with Gasteiger partial charge in [0.1, 0.15) is 0 Å². The highest BCUT2D eigenvalue weighted by atomic mass is 32.2. The van der Waals surface area contributed by atoms with E-state index in [4.69, 9.17) is 5.73 Å². The fraction of sp³-hybridized carbons (Fsp3) is 0.0833. The second-order valence-electron chi connectivity index (χ2n) is 3.93. The minimum Gasteiger partial charge on any atom is -0.399 e. The third-order valence-electron chi connectivity index (χ3n) is 2.32. The Morgan fingerprint density at radius 2 is 1.83 bits per heavy atom. The van der Waals surface area contributed by atoms with Crippen LogP contribution in [0.4, 0.5) is 11.4 Å². The Kier molecular flexibility index (Phi) is 3.20. The first-order valence-corrected chi connectivity index (χ1v) is 6.76. The molecule has 0 aliphatic heterocycles. The molecule has 0 atom stereocenters. The van der Waals surface area contributed by atoms with Gasteiger partial charge in [-0.1, -0.05) is 0 Å². The number of hydrogen-bond donors (Lipinski definition) is 2. The van der Waals surface area contributed by atoms with Crippen molar-refractivity contribution in [3.63, 3.8) is 0 Å². The van der Waals surface area contributed by atoms with Crippen molar-refractivity contribution in [2.24, 2.45) is 0 Å². The zero-order valence-electron chi connectivity index (χ0n) is 9.79. The Morgan fingerprint density at radius 1 is 1.17 bits per heavy atom. The number of aryl methyl sites for hydroxylation is 1. The first kappa shape index (κ1) is 12.4. The van der Waals surface area contributed by atoms with Crippen LogP contribution in [-0.4, -0.2) is 13.4 Å². The van der Waals surface area contributed by atoms with Crippen LogP contribution in [-0.2, 0) is 10.0 Å². The highest BCUT2D eigenvalue weighted by molar-refractivity contribution is 7.92. The summed E-state index contributed by atoms with van der Waals surface area (Å²) >= 11 is 0. The number of nitrogens with zero attached hydrogens (tertiary/aromatic N) is 1. The highest BCUT2D eigenvalue weighted by Crippen LogP contribution is 2.17. The van der Waals surface area contributed by atoms with E-state index in [2.05, 4.69) is 9.71 Å². The van der Waals surface area contributed by atoms with Gasteiger partial charge in [0.05, 0.1) is 16.8 Å². The molecule has 94 valence electrons. The standard InChI is InChI=1S/C12H13N3O2S/c1-9-6-11(8-14-7-9)15-18(16,17)12-4-2-10(13)3-5-12/h2-8,15H,13H2,1H3. The maximum atomic E-state index is 12.0. The molecular weight excluding hydrogens is 250 g/mol. The molecule has 0 unspecified atom stereocenters. The van der Waals surface area contributed by atoms with Gasteiger partial charge >= 0.3 is 0 Å². The third-order valence-corrected chi connectivity index (χ3v) is 3.71. The lowest BCUT2D eigenvalue weighted by atomic mass is 10.3. The summed E-state index contributed by atoms with van der Waals surface area (Å²) in [5.74, 6) is 0. The molecule has 3 N–H and O–H groups in total. The summed E-state index contributed by atoms with van der Waals surface area (Å²) in [5, 5.41) is 0. The highest BCUT2D eigenvalue weighted by Gasteiger charge is 2.13. The molecule has 0 fully saturated rings. The number of nitrogens with two attached hydrogens (primary N) is 1. The van der Waals surface area contributed by atoms with Crippen molar-refractivity contribution < 1.29 is 8.42 Å². The zero-order valence-corrected chi connectivity index (χ0v) is 10.6. The Balaban J connectivity index is 2.30. The van der Waals surface area contributed by atoms with Gasteiger partial charge in [0.15, 0.2) is 0 Å². The molecule has 0 radical (unpaired) electrons. The SMILES string of the molecule is Cc1cncc(NS(=O)(=O)c2ccc(N)cc2)c1. The molecule has 2 rings (SSSR count). The van der Waals surface area contributed by atoms with Crippen LogP contribution in [0.3, 0.4) is 0 Å². The molecule has 5 nitrogen and oxygen atoms in total. The molecular formula is C12H13N3O2S. The summed E-state index contributed by atoms with van der Waals surface area (Å²) in [6.45, 7) is 1.84. The van der Waals surface area contributed by atoms with E-state index in [1.54, 1.807) is 24.4 Å². The van der Waals surface area contributed by atoms with Crippen LogP contribution in [0.5, 0.6) is 0 Å². The molecule has 18 heavy (non-hydrogen) atoms. The summed E-state index contributed by atoms with van der Waals surface area (Å²) < 4.78 is 26.6. The van der Waals surface area contributed by atoms with Crippen molar-refractivity contribution in [3.05, 3.63) is 48.3 Å². The molecule has 1 heterocycles. The first-order valence-electron chi connectivity index (χ1n) is 5.27. The molecule has 0 bridgehead atoms. The van der Waals surface area contributed by atoms with Gasteiger partial charge in [-0.25, -0.2) is 8.42 Å². The Morgan fingerprint density at radius 3 is 2.44 bits per heavy atom. The van der Waals surface area contributed by atoms with E-state index in [0.717, 1.165) is 5.56 Å². The van der Waals surface area contributed by atoms with E-state index >= 15 is 0 Å². The first-order chi connectivity index (χ1) is 8.47. The van der Waals surface area contributed by atoms with Gasteiger partial charge in [-0.15, -0.1) is 0 Å². The quantitative estimate of drug-likeness (QED) is 0.826. The predicted octanol–water partition coefficient (Wildman–Crippen LogP) is 1.77. The van der Waals surface area contributed by atoms with Crippen molar-refractivity contribution in [1.29, 1.82) is 0 Å². The maximum Gasteiger partial charge on any atom is 0.261 e. The van der Waals surface area contributed by atoms with E-state index < -0.39 is 10.0 Å². The molecule has 0 aliphatic carbocycles. The summed E-state index contributed by atoms with van der Waals surface area (Å²) in [7, 11) is -3.59. The molecule has 2 aromatic rings. The zero-order chi connectivity index (χ0) is 13.2. The average Bonchev–Trinajstić information content (AvgIpc) is 2.29. The normalized spacial score (nSPS) is 11.2. The van der Waals surface area contributed by atoms with Gasteiger partial charge in [-0.2, -0.15) is 0 Å². The van der Waals surface area contributed by atoms with Crippen molar-refractivity contribution in [2.45, 2.75) is 11.8 Å². The van der Waals surface area contributed by atoms with Crippen LogP contribution in [0, 0.1) is 6.92 Å². The number of nitrogen functional groups attached to an aromatic ring is 1. The largest absolute Gasteiger partial charge is 0.399 e. The number of rotatable bonds is 3. The van der Waals surface area contributed by atoms with Crippen LogP contribution in [0.1, 0.15) is 5.56 Å². The minimum atomic E-state index is -3.59. The number of pyridine rings is 1. The Bertz CT molecular complexity index is 651. The lowest BCUT2D eigenvalue weighted by Crippen LogP contribution is -2.13. The van der Waals surface area contributed by atoms with Crippen LogP contribution < -0.4 is 10.5 Å². The lowest BCUT2D eigenvalue weighted by molar-refractivity contribution is 0.601. The Hall–Kier alpha value is -2.08. The van der Waals surface area contributed by atoms with Gasteiger partial charge in [0, 0.05) is 11.9 Å². The van der Waals surface area contributed by atoms with Gasteiger partial charge in [0.25, 0.3) is 10.0 Å². The summed E-state index contributed by atoms with van der Waals surface area (Å²) in [6.07, 6.45) is 3.11. The molecule has 0 saturated carbocycles. The van der Waals surface area contributed by atoms with Gasteiger partial charge in [-0.05, 0) is 42.8 Å². The number of sulfonamides is 1. The fourth-order valence-corrected chi connectivity index (χ4v) is 2.51. The number of hydrogen-bond acceptors (Lipinski definition) is 4. The molecule has 6 heteroatoms. The number of aromatic nitrogens is 1. The molecule has 0 aliphatic rings. The van der Waals surface area contributed by atoms with E-state index in [1.165, 1.54) is 18.3 Å². The summed E-state index contributed by atoms with van der Waals surface area (Å²) in [6, 6.07) is 7.72. The fourth-order valence-electron chi connectivity index (χ4n) is 1.47. The van der Waals surface area contributed by atoms with Crippen LogP contribution in [0.15, 0.2) is 47.6 Å².